The first-order chi connectivity index (χ1) is 8.16. The fourth-order valence-corrected chi connectivity index (χ4v) is 1.98. The van der Waals surface area contributed by atoms with Gasteiger partial charge in [-0.3, -0.25) is 0 Å². The Morgan fingerprint density at radius 3 is 2.29 bits per heavy atom. The number of rotatable bonds is 3. The van der Waals surface area contributed by atoms with E-state index in [4.69, 9.17) is 23.2 Å². The lowest BCUT2D eigenvalue weighted by Crippen LogP contribution is -2.01. The molecule has 88 valence electrons. The number of hydrogen-bond acceptors (Lipinski definition) is 1. The Labute approximate surface area is 111 Å². The van der Waals surface area contributed by atoms with E-state index >= 15 is 0 Å². The highest BCUT2D eigenvalue weighted by Crippen LogP contribution is 2.27. The van der Waals surface area contributed by atoms with Crippen molar-refractivity contribution >= 4 is 23.2 Å². The molecule has 17 heavy (non-hydrogen) atoms. The summed E-state index contributed by atoms with van der Waals surface area (Å²) in [5.41, 5.74) is 1.87. The minimum absolute atomic E-state index is 0.469. The molecule has 0 bridgehead atoms. The van der Waals surface area contributed by atoms with Gasteiger partial charge < -0.3 is 5.11 Å². The lowest BCUT2D eigenvalue weighted by atomic mass is 10.0. The van der Waals surface area contributed by atoms with Crippen LogP contribution < -0.4 is 0 Å². The molecular weight excluding hydrogens is 255 g/mol. The second-order valence-electron chi connectivity index (χ2n) is 3.88. The quantitative estimate of drug-likeness (QED) is 0.880. The van der Waals surface area contributed by atoms with Gasteiger partial charge in [-0.1, -0.05) is 59.6 Å². The Morgan fingerprint density at radius 2 is 1.65 bits per heavy atom. The number of halogens is 2. The molecule has 0 heterocycles. The van der Waals surface area contributed by atoms with E-state index in [1.165, 1.54) is 0 Å². The molecule has 0 radical (unpaired) electrons. The SMILES string of the molecule is OC(Cc1ccccc1)c1ccc(Cl)c(Cl)c1. The van der Waals surface area contributed by atoms with Gasteiger partial charge in [0.25, 0.3) is 0 Å². The lowest BCUT2D eigenvalue weighted by Gasteiger charge is -2.11. The van der Waals surface area contributed by atoms with E-state index in [-0.39, 0.29) is 0 Å². The second-order valence-corrected chi connectivity index (χ2v) is 4.69. The summed E-state index contributed by atoms with van der Waals surface area (Å²) in [5, 5.41) is 11.1. The minimum Gasteiger partial charge on any atom is -0.388 e. The number of hydrogen-bond donors (Lipinski definition) is 1. The normalized spacial score (nSPS) is 12.4. The number of aliphatic hydroxyl groups is 1. The van der Waals surface area contributed by atoms with Crippen molar-refractivity contribution in [2.75, 3.05) is 0 Å². The third-order valence-corrected chi connectivity index (χ3v) is 3.34. The average Bonchev–Trinajstić information content (AvgIpc) is 2.34. The molecule has 0 aliphatic heterocycles. The Balaban J connectivity index is 2.14. The predicted octanol–water partition coefficient (Wildman–Crippen LogP) is 4.27. The molecule has 0 amide bonds. The topological polar surface area (TPSA) is 20.2 Å². The largest absolute Gasteiger partial charge is 0.388 e. The van der Waals surface area contributed by atoms with E-state index in [1.54, 1.807) is 18.2 Å². The van der Waals surface area contributed by atoms with Crippen LogP contribution in [0, 0.1) is 0 Å². The second kappa shape index (κ2) is 5.54. The molecule has 0 fully saturated rings. The van der Waals surface area contributed by atoms with Crippen LogP contribution in [0.5, 0.6) is 0 Å². The molecule has 3 heteroatoms. The van der Waals surface area contributed by atoms with Crippen molar-refractivity contribution in [2.24, 2.45) is 0 Å². The Kier molecular flexibility index (Phi) is 4.06. The van der Waals surface area contributed by atoms with E-state index < -0.39 is 6.10 Å². The lowest BCUT2D eigenvalue weighted by molar-refractivity contribution is 0.178. The summed E-state index contributed by atoms with van der Waals surface area (Å²) in [6.07, 6.45) is 0.00545. The van der Waals surface area contributed by atoms with Crippen LogP contribution in [0.15, 0.2) is 48.5 Å². The van der Waals surface area contributed by atoms with Crippen molar-refractivity contribution in [1.29, 1.82) is 0 Å². The minimum atomic E-state index is -0.563. The van der Waals surface area contributed by atoms with E-state index in [1.807, 2.05) is 30.3 Å². The zero-order valence-electron chi connectivity index (χ0n) is 9.11. The van der Waals surface area contributed by atoms with Gasteiger partial charge in [-0.15, -0.1) is 0 Å². The average molecular weight is 267 g/mol. The van der Waals surface area contributed by atoms with Crippen molar-refractivity contribution in [2.45, 2.75) is 12.5 Å². The first-order valence-electron chi connectivity index (χ1n) is 5.34. The van der Waals surface area contributed by atoms with E-state index in [9.17, 15) is 5.11 Å². The molecule has 0 aliphatic carbocycles. The van der Waals surface area contributed by atoms with E-state index in [0.29, 0.717) is 16.5 Å². The monoisotopic (exact) mass is 266 g/mol. The van der Waals surface area contributed by atoms with E-state index in [2.05, 4.69) is 0 Å². The van der Waals surface area contributed by atoms with Gasteiger partial charge in [0.2, 0.25) is 0 Å². The van der Waals surface area contributed by atoms with Crippen molar-refractivity contribution < 1.29 is 5.11 Å². The summed E-state index contributed by atoms with van der Waals surface area (Å²) in [7, 11) is 0. The van der Waals surface area contributed by atoms with Gasteiger partial charge >= 0.3 is 0 Å². The van der Waals surface area contributed by atoms with Crippen molar-refractivity contribution in [1.82, 2.24) is 0 Å². The van der Waals surface area contributed by atoms with Crippen LogP contribution in [-0.2, 0) is 6.42 Å². The molecule has 0 saturated carbocycles. The van der Waals surface area contributed by atoms with Crippen LogP contribution in [0.25, 0.3) is 0 Å². The van der Waals surface area contributed by atoms with Crippen molar-refractivity contribution in [3.05, 3.63) is 69.7 Å². The van der Waals surface area contributed by atoms with Gasteiger partial charge in [-0.05, 0) is 23.3 Å². The fraction of sp³-hybridized carbons (Fsp3) is 0.143. The first kappa shape index (κ1) is 12.4. The molecule has 0 aromatic heterocycles. The Hall–Kier alpha value is -1.02. The first-order valence-corrected chi connectivity index (χ1v) is 6.09. The zero-order valence-corrected chi connectivity index (χ0v) is 10.6. The van der Waals surface area contributed by atoms with Gasteiger partial charge in [0.05, 0.1) is 16.1 Å². The summed E-state index contributed by atoms with van der Waals surface area (Å²) >= 11 is 11.7. The molecule has 1 unspecified atom stereocenters. The molecule has 2 rings (SSSR count). The summed E-state index contributed by atoms with van der Waals surface area (Å²) in [5.74, 6) is 0. The van der Waals surface area contributed by atoms with E-state index in [0.717, 1.165) is 11.1 Å². The molecular formula is C14H12Cl2O. The van der Waals surface area contributed by atoms with Crippen LogP contribution in [0.2, 0.25) is 10.0 Å². The molecule has 1 atom stereocenters. The van der Waals surface area contributed by atoms with Gasteiger partial charge in [0.15, 0.2) is 0 Å². The van der Waals surface area contributed by atoms with Crippen molar-refractivity contribution in [3.63, 3.8) is 0 Å². The Bertz CT molecular complexity index is 497. The summed E-state index contributed by atoms with van der Waals surface area (Å²) in [6, 6.07) is 15.0. The van der Waals surface area contributed by atoms with Gasteiger partial charge in [0.1, 0.15) is 0 Å². The molecule has 0 aliphatic rings. The summed E-state index contributed by atoms with van der Waals surface area (Å²) in [4.78, 5) is 0. The number of aliphatic hydroxyl groups excluding tert-OH is 1. The van der Waals surface area contributed by atoms with Crippen LogP contribution >= 0.6 is 23.2 Å². The van der Waals surface area contributed by atoms with Gasteiger partial charge in [-0.2, -0.15) is 0 Å². The number of benzene rings is 2. The molecule has 2 aromatic rings. The van der Waals surface area contributed by atoms with Crippen molar-refractivity contribution in [3.8, 4) is 0 Å². The van der Waals surface area contributed by atoms with Crippen LogP contribution in [0.3, 0.4) is 0 Å². The molecule has 0 spiro atoms. The smallest absolute Gasteiger partial charge is 0.0830 e. The molecule has 1 N–H and O–H groups in total. The maximum Gasteiger partial charge on any atom is 0.0830 e. The van der Waals surface area contributed by atoms with Crippen LogP contribution in [0.1, 0.15) is 17.2 Å². The van der Waals surface area contributed by atoms with Crippen LogP contribution in [0.4, 0.5) is 0 Å². The maximum atomic E-state index is 10.1. The Morgan fingerprint density at radius 1 is 0.941 bits per heavy atom. The third kappa shape index (κ3) is 3.22. The molecule has 0 saturated heterocycles. The fourth-order valence-electron chi connectivity index (χ4n) is 1.67. The highest BCUT2D eigenvalue weighted by atomic mass is 35.5. The molecule has 1 nitrogen and oxygen atoms in total. The predicted molar refractivity (Wildman–Crippen MR) is 71.6 cm³/mol. The highest BCUT2D eigenvalue weighted by molar-refractivity contribution is 6.42. The van der Waals surface area contributed by atoms with Gasteiger partial charge in [0, 0.05) is 6.42 Å². The highest BCUT2D eigenvalue weighted by Gasteiger charge is 2.10. The summed E-state index contributed by atoms with van der Waals surface area (Å²) in [6.45, 7) is 0. The summed E-state index contributed by atoms with van der Waals surface area (Å²) < 4.78 is 0. The van der Waals surface area contributed by atoms with Gasteiger partial charge in [-0.25, -0.2) is 0 Å². The third-order valence-electron chi connectivity index (χ3n) is 2.60. The van der Waals surface area contributed by atoms with Crippen LogP contribution in [-0.4, -0.2) is 5.11 Å². The zero-order chi connectivity index (χ0) is 12.3. The maximum absolute atomic E-state index is 10.1. The molecule has 2 aromatic carbocycles. The standard InChI is InChI=1S/C14H12Cl2O/c15-12-7-6-11(9-13(12)16)14(17)8-10-4-2-1-3-5-10/h1-7,9,14,17H,8H2.